The van der Waals surface area contributed by atoms with Crippen molar-refractivity contribution in [3.8, 4) is 0 Å². The molecule has 0 atom stereocenters. The van der Waals surface area contributed by atoms with Crippen molar-refractivity contribution in [2.45, 2.75) is 32.0 Å². The van der Waals surface area contributed by atoms with Gasteiger partial charge in [-0.3, -0.25) is 4.90 Å². The number of likely N-dealkylation sites (tertiary alicyclic amines) is 1. The number of piperidine rings is 1. The molecule has 1 aliphatic rings. The van der Waals surface area contributed by atoms with Crippen LogP contribution in [-0.2, 0) is 13.1 Å². The molecule has 2 heterocycles. The number of rotatable bonds is 6. The lowest BCUT2D eigenvalue weighted by Crippen LogP contribution is -2.35. The SMILES string of the molecule is CNc1c(Cl)ncnc1NCc1ccccc1CN1CCC(O)CC1. The maximum atomic E-state index is 9.66. The monoisotopic (exact) mass is 361 g/mol. The molecule has 1 aromatic heterocycles. The minimum Gasteiger partial charge on any atom is -0.393 e. The number of hydrogen-bond donors (Lipinski definition) is 3. The molecule has 2 aromatic rings. The molecule has 0 amide bonds. The Hall–Kier alpha value is -1.89. The quantitative estimate of drug-likeness (QED) is 0.687. The molecule has 134 valence electrons. The van der Waals surface area contributed by atoms with Gasteiger partial charge in [0, 0.05) is 33.2 Å². The highest BCUT2D eigenvalue weighted by molar-refractivity contribution is 6.32. The minimum atomic E-state index is -0.143. The Labute approximate surface area is 153 Å². The summed E-state index contributed by atoms with van der Waals surface area (Å²) in [5.41, 5.74) is 3.22. The summed E-state index contributed by atoms with van der Waals surface area (Å²) in [5, 5.41) is 16.4. The molecule has 0 aliphatic carbocycles. The van der Waals surface area contributed by atoms with Crippen LogP contribution in [-0.4, -0.2) is 46.2 Å². The third kappa shape index (κ3) is 4.60. The van der Waals surface area contributed by atoms with Crippen LogP contribution >= 0.6 is 11.6 Å². The summed E-state index contributed by atoms with van der Waals surface area (Å²) < 4.78 is 0. The number of aliphatic hydroxyl groups is 1. The van der Waals surface area contributed by atoms with Gasteiger partial charge in [0.1, 0.15) is 12.0 Å². The van der Waals surface area contributed by atoms with Crippen molar-refractivity contribution in [3.05, 3.63) is 46.9 Å². The van der Waals surface area contributed by atoms with Gasteiger partial charge in [0.15, 0.2) is 11.0 Å². The molecular formula is C18H24ClN5O. The number of hydrogen-bond acceptors (Lipinski definition) is 6. The smallest absolute Gasteiger partial charge is 0.157 e. The van der Waals surface area contributed by atoms with Crippen LogP contribution in [0.15, 0.2) is 30.6 Å². The van der Waals surface area contributed by atoms with Gasteiger partial charge >= 0.3 is 0 Å². The lowest BCUT2D eigenvalue weighted by Gasteiger charge is -2.30. The summed E-state index contributed by atoms with van der Waals surface area (Å²) in [7, 11) is 1.80. The fourth-order valence-electron chi connectivity index (χ4n) is 3.10. The number of halogens is 1. The van der Waals surface area contributed by atoms with Crippen molar-refractivity contribution in [3.63, 3.8) is 0 Å². The molecular weight excluding hydrogens is 338 g/mol. The maximum Gasteiger partial charge on any atom is 0.157 e. The van der Waals surface area contributed by atoms with Crippen LogP contribution in [0.1, 0.15) is 24.0 Å². The van der Waals surface area contributed by atoms with E-state index in [2.05, 4.69) is 43.7 Å². The number of aliphatic hydroxyl groups excluding tert-OH is 1. The van der Waals surface area contributed by atoms with Gasteiger partial charge in [-0.25, -0.2) is 9.97 Å². The van der Waals surface area contributed by atoms with E-state index in [-0.39, 0.29) is 6.10 Å². The number of benzene rings is 1. The van der Waals surface area contributed by atoms with Gasteiger partial charge in [-0.05, 0) is 24.0 Å². The van der Waals surface area contributed by atoms with Crippen LogP contribution < -0.4 is 10.6 Å². The molecule has 7 heteroatoms. The van der Waals surface area contributed by atoms with Crippen molar-refractivity contribution in [1.29, 1.82) is 0 Å². The highest BCUT2D eigenvalue weighted by Crippen LogP contribution is 2.26. The van der Waals surface area contributed by atoms with Crippen molar-refractivity contribution in [1.82, 2.24) is 14.9 Å². The molecule has 0 bridgehead atoms. The van der Waals surface area contributed by atoms with E-state index in [1.54, 1.807) is 7.05 Å². The van der Waals surface area contributed by atoms with E-state index in [0.29, 0.717) is 23.2 Å². The lowest BCUT2D eigenvalue weighted by atomic mass is 10.0. The molecule has 1 saturated heterocycles. The topological polar surface area (TPSA) is 73.3 Å². The van der Waals surface area contributed by atoms with Crippen LogP contribution in [0.3, 0.4) is 0 Å². The van der Waals surface area contributed by atoms with Crippen LogP contribution in [0.25, 0.3) is 0 Å². The summed E-state index contributed by atoms with van der Waals surface area (Å²) in [5.74, 6) is 0.693. The number of aromatic nitrogens is 2. The summed E-state index contributed by atoms with van der Waals surface area (Å²) in [6.07, 6.45) is 3.02. The fourth-order valence-corrected chi connectivity index (χ4v) is 3.33. The fraction of sp³-hybridized carbons (Fsp3) is 0.444. The molecule has 1 aliphatic heterocycles. The Balaban J connectivity index is 1.68. The van der Waals surface area contributed by atoms with Gasteiger partial charge < -0.3 is 15.7 Å². The lowest BCUT2D eigenvalue weighted by molar-refractivity contribution is 0.0791. The molecule has 0 spiro atoms. The predicted molar refractivity (Wildman–Crippen MR) is 101 cm³/mol. The molecule has 0 unspecified atom stereocenters. The first kappa shape index (κ1) is 17.9. The molecule has 0 radical (unpaired) electrons. The number of nitrogens with zero attached hydrogens (tertiary/aromatic N) is 3. The zero-order valence-electron chi connectivity index (χ0n) is 14.4. The second-order valence-electron chi connectivity index (χ2n) is 6.27. The van der Waals surface area contributed by atoms with Gasteiger partial charge in [0.2, 0.25) is 0 Å². The highest BCUT2D eigenvalue weighted by atomic mass is 35.5. The molecule has 3 rings (SSSR count). The zero-order chi connectivity index (χ0) is 17.6. The Morgan fingerprint density at radius 3 is 2.64 bits per heavy atom. The molecule has 0 saturated carbocycles. The van der Waals surface area contributed by atoms with E-state index in [9.17, 15) is 5.11 Å². The minimum absolute atomic E-state index is 0.143. The molecule has 1 aromatic carbocycles. The summed E-state index contributed by atoms with van der Waals surface area (Å²) in [6.45, 7) is 3.44. The van der Waals surface area contributed by atoms with E-state index in [0.717, 1.165) is 32.5 Å². The third-order valence-corrected chi connectivity index (χ3v) is 4.85. The van der Waals surface area contributed by atoms with E-state index < -0.39 is 0 Å². The van der Waals surface area contributed by atoms with Crippen LogP contribution in [0.2, 0.25) is 5.15 Å². The van der Waals surface area contributed by atoms with E-state index in [1.165, 1.54) is 17.5 Å². The maximum absolute atomic E-state index is 9.66. The van der Waals surface area contributed by atoms with E-state index in [4.69, 9.17) is 11.6 Å². The molecule has 25 heavy (non-hydrogen) atoms. The molecule has 6 nitrogen and oxygen atoms in total. The summed E-state index contributed by atoms with van der Waals surface area (Å²) >= 11 is 6.10. The largest absolute Gasteiger partial charge is 0.393 e. The summed E-state index contributed by atoms with van der Waals surface area (Å²) in [4.78, 5) is 10.7. The van der Waals surface area contributed by atoms with E-state index >= 15 is 0 Å². The van der Waals surface area contributed by atoms with Crippen molar-refractivity contribution < 1.29 is 5.11 Å². The van der Waals surface area contributed by atoms with Crippen molar-refractivity contribution >= 4 is 23.1 Å². The average Bonchev–Trinajstić information content (AvgIpc) is 2.63. The normalized spacial score (nSPS) is 16.0. The second-order valence-corrected chi connectivity index (χ2v) is 6.63. The van der Waals surface area contributed by atoms with E-state index in [1.807, 2.05) is 6.07 Å². The van der Waals surface area contributed by atoms with Gasteiger partial charge in [-0.1, -0.05) is 35.9 Å². The average molecular weight is 362 g/mol. The Kier molecular flexibility index (Phi) is 6.07. The van der Waals surface area contributed by atoms with Gasteiger partial charge in [-0.15, -0.1) is 0 Å². The van der Waals surface area contributed by atoms with Gasteiger partial charge in [-0.2, -0.15) is 0 Å². The Morgan fingerprint density at radius 1 is 1.20 bits per heavy atom. The van der Waals surface area contributed by atoms with Gasteiger partial charge in [0.05, 0.1) is 6.10 Å². The van der Waals surface area contributed by atoms with Gasteiger partial charge in [0.25, 0.3) is 0 Å². The van der Waals surface area contributed by atoms with Crippen LogP contribution in [0.5, 0.6) is 0 Å². The molecule has 3 N–H and O–H groups in total. The first-order chi connectivity index (χ1) is 12.2. The molecule has 1 fully saturated rings. The first-order valence-electron chi connectivity index (χ1n) is 8.56. The first-order valence-corrected chi connectivity index (χ1v) is 8.94. The second kappa shape index (κ2) is 8.47. The number of nitrogens with one attached hydrogen (secondary N) is 2. The van der Waals surface area contributed by atoms with Crippen molar-refractivity contribution in [2.24, 2.45) is 0 Å². The predicted octanol–water partition coefficient (Wildman–Crippen LogP) is 2.74. The van der Waals surface area contributed by atoms with Crippen molar-refractivity contribution in [2.75, 3.05) is 30.8 Å². The zero-order valence-corrected chi connectivity index (χ0v) is 15.1. The van der Waals surface area contributed by atoms with Crippen LogP contribution in [0.4, 0.5) is 11.5 Å². The number of anilines is 2. The Morgan fingerprint density at radius 2 is 1.92 bits per heavy atom. The Bertz CT molecular complexity index is 704. The summed E-state index contributed by atoms with van der Waals surface area (Å²) in [6, 6.07) is 8.40. The third-order valence-electron chi connectivity index (χ3n) is 4.57. The standard InChI is InChI=1S/C18H24ClN5O/c1-20-16-17(19)22-12-23-18(16)21-10-13-4-2-3-5-14(13)11-24-8-6-15(25)7-9-24/h2-5,12,15,20,25H,6-11H2,1H3,(H,21,22,23). The highest BCUT2D eigenvalue weighted by Gasteiger charge is 2.18. The van der Waals surface area contributed by atoms with Crippen LogP contribution in [0, 0.1) is 0 Å².